The normalized spacial score (nSPS) is 18.1. The van der Waals surface area contributed by atoms with Crippen LogP contribution in [0.2, 0.25) is 0 Å². The highest BCUT2D eigenvalue weighted by Gasteiger charge is 2.25. The Kier molecular flexibility index (Phi) is 9.67. The third-order valence-corrected chi connectivity index (χ3v) is 6.09. The van der Waals surface area contributed by atoms with E-state index in [1.165, 1.54) is 42.4 Å². The second-order valence-corrected chi connectivity index (χ2v) is 8.46. The van der Waals surface area contributed by atoms with Crippen LogP contribution in [0, 0.1) is 12.8 Å². The molecule has 1 unspecified atom stereocenters. The molecule has 0 radical (unpaired) electrons. The van der Waals surface area contributed by atoms with Crippen LogP contribution in [-0.4, -0.2) is 11.6 Å². The zero-order chi connectivity index (χ0) is 20.4. The first-order valence-corrected chi connectivity index (χ1v) is 11.4. The van der Waals surface area contributed by atoms with Crippen molar-refractivity contribution in [1.29, 1.82) is 0 Å². The smallest absolute Gasteiger partial charge is 0.163 e. The van der Waals surface area contributed by atoms with Crippen LogP contribution >= 0.6 is 0 Å². The van der Waals surface area contributed by atoms with E-state index < -0.39 is 0 Å². The summed E-state index contributed by atoms with van der Waals surface area (Å²) < 4.78 is 0. The molecule has 1 aromatic rings. The SMILES string of the molecule is CCCC/C(CCC(=O)c1ccc(C)cc1)=C(\CCCC)C1CCCC(=O)C1. The lowest BCUT2D eigenvalue weighted by Crippen LogP contribution is -2.18. The molecule has 0 heterocycles. The van der Waals surface area contributed by atoms with Gasteiger partial charge in [0.05, 0.1) is 0 Å². The fourth-order valence-corrected chi connectivity index (χ4v) is 4.34. The Hall–Kier alpha value is -1.70. The van der Waals surface area contributed by atoms with Gasteiger partial charge < -0.3 is 0 Å². The van der Waals surface area contributed by atoms with Crippen molar-refractivity contribution in [2.24, 2.45) is 5.92 Å². The van der Waals surface area contributed by atoms with Crippen molar-refractivity contribution in [2.45, 2.75) is 97.8 Å². The van der Waals surface area contributed by atoms with Crippen LogP contribution in [0.4, 0.5) is 0 Å². The van der Waals surface area contributed by atoms with Crippen molar-refractivity contribution < 1.29 is 9.59 Å². The maximum Gasteiger partial charge on any atom is 0.163 e. The number of carbonyl (C=O) groups excluding carboxylic acids is 2. The second kappa shape index (κ2) is 12.0. The van der Waals surface area contributed by atoms with Crippen molar-refractivity contribution in [1.82, 2.24) is 0 Å². The quantitative estimate of drug-likeness (QED) is 0.295. The topological polar surface area (TPSA) is 34.1 Å². The standard InChI is InChI=1S/C26H38O2/c1-4-6-9-21(17-18-26(28)22-15-13-20(3)14-16-22)25(12-7-5-2)23-10-8-11-24(27)19-23/h13-16,23H,4-12,17-19H2,1-3H3/b25-21-. The number of Topliss-reactive ketones (excluding diaryl/α,β-unsaturated/α-hetero) is 2. The third kappa shape index (κ3) is 7.04. The van der Waals surface area contributed by atoms with Gasteiger partial charge in [-0.15, -0.1) is 0 Å². The molecule has 1 atom stereocenters. The maximum atomic E-state index is 12.7. The molecule has 0 bridgehead atoms. The van der Waals surface area contributed by atoms with Gasteiger partial charge in [-0.25, -0.2) is 0 Å². The van der Waals surface area contributed by atoms with Crippen LogP contribution in [0.5, 0.6) is 0 Å². The van der Waals surface area contributed by atoms with Crippen molar-refractivity contribution in [3.8, 4) is 0 Å². The highest BCUT2D eigenvalue weighted by Crippen LogP contribution is 2.35. The highest BCUT2D eigenvalue weighted by atomic mass is 16.1. The Balaban J connectivity index is 2.18. The van der Waals surface area contributed by atoms with Crippen molar-refractivity contribution in [3.63, 3.8) is 0 Å². The molecule has 2 rings (SSSR count). The van der Waals surface area contributed by atoms with Gasteiger partial charge in [0.15, 0.2) is 5.78 Å². The summed E-state index contributed by atoms with van der Waals surface area (Å²) in [7, 11) is 0. The van der Waals surface area contributed by atoms with E-state index in [1.54, 1.807) is 0 Å². The van der Waals surface area contributed by atoms with E-state index in [1.807, 2.05) is 31.2 Å². The van der Waals surface area contributed by atoms with Gasteiger partial charge in [-0.3, -0.25) is 9.59 Å². The minimum Gasteiger partial charge on any atom is -0.300 e. The van der Waals surface area contributed by atoms with E-state index in [-0.39, 0.29) is 5.78 Å². The molecule has 0 saturated heterocycles. The molecular weight excluding hydrogens is 344 g/mol. The predicted molar refractivity (Wildman–Crippen MR) is 118 cm³/mol. The van der Waals surface area contributed by atoms with Crippen LogP contribution in [0.3, 0.4) is 0 Å². The number of carbonyl (C=O) groups is 2. The van der Waals surface area contributed by atoms with Gasteiger partial charge in [0.2, 0.25) is 0 Å². The zero-order valence-corrected chi connectivity index (χ0v) is 18.2. The van der Waals surface area contributed by atoms with Gasteiger partial charge in [-0.05, 0) is 57.8 Å². The number of rotatable bonds is 11. The number of aryl methyl sites for hydroxylation is 1. The number of allylic oxidation sites excluding steroid dienone is 2. The molecule has 28 heavy (non-hydrogen) atoms. The molecule has 1 aliphatic carbocycles. The first kappa shape index (κ1) is 22.6. The third-order valence-electron chi connectivity index (χ3n) is 6.09. The van der Waals surface area contributed by atoms with E-state index in [4.69, 9.17) is 0 Å². The lowest BCUT2D eigenvalue weighted by molar-refractivity contribution is -0.121. The molecule has 0 aromatic heterocycles. The molecule has 0 amide bonds. The molecule has 0 aliphatic heterocycles. The number of benzene rings is 1. The Bertz CT molecular complexity index is 666. The summed E-state index contributed by atoms with van der Waals surface area (Å²) in [6, 6.07) is 7.93. The summed E-state index contributed by atoms with van der Waals surface area (Å²) in [5.74, 6) is 1.09. The van der Waals surface area contributed by atoms with Crippen LogP contribution in [-0.2, 0) is 4.79 Å². The van der Waals surface area contributed by atoms with Gasteiger partial charge in [0.25, 0.3) is 0 Å². The molecule has 2 heteroatoms. The van der Waals surface area contributed by atoms with Gasteiger partial charge in [-0.2, -0.15) is 0 Å². The average Bonchev–Trinajstić information content (AvgIpc) is 2.70. The number of hydrogen-bond acceptors (Lipinski definition) is 2. The predicted octanol–water partition coefficient (Wildman–Crippen LogP) is 7.39. The van der Waals surface area contributed by atoms with E-state index in [0.29, 0.717) is 18.1 Å². The number of hydrogen-bond donors (Lipinski definition) is 0. The molecule has 1 saturated carbocycles. The van der Waals surface area contributed by atoms with Gasteiger partial charge >= 0.3 is 0 Å². The summed E-state index contributed by atoms with van der Waals surface area (Å²) in [5.41, 5.74) is 5.02. The molecule has 154 valence electrons. The Morgan fingerprint density at radius 1 is 0.964 bits per heavy atom. The summed E-state index contributed by atoms with van der Waals surface area (Å²) in [6.07, 6.45) is 12.0. The highest BCUT2D eigenvalue weighted by molar-refractivity contribution is 5.96. The summed E-state index contributed by atoms with van der Waals surface area (Å²) in [5, 5.41) is 0. The van der Waals surface area contributed by atoms with E-state index in [2.05, 4.69) is 13.8 Å². The van der Waals surface area contributed by atoms with E-state index in [0.717, 1.165) is 50.5 Å². The van der Waals surface area contributed by atoms with E-state index >= 15 is 0 Å². The molecule has 0 N–H and O–H groups in total. The Morgan fingerprint density at radius 3 is 2.29 bits per heavy atom. The zero-order valence-electron chi connectivity index (χ0n) is 18.2. The molecule has 1 aromatic carbocycles. The minimum atomic E-state index is 0.239. The number of ketones is 2. The lowest BCUT2D eigenvalue weighted by atomic mass is 9.77. The van der Waals surface area contributed by atoms with Crippen LogP contribution in [0.15, 0.2) is 35.4 Å². The summed E-state index contributed by atoms with van der Waals surface area (Å²) in [4.78, 5) is 24.8. The Morgan fingerprint density at radius 2 is 1.64 bits per heavy atom. The average molecular weight is 383 g/mol. The van der Waals surface area contributed by atoms with Crippen molar-refractivity contribution >= 4 is 11.6 Å². The van der Waals surface area contributed by atoms with Crippen molar-refractivity contribution in [3.05, 3.63) is 46.5 Å². The van der Waals surface area contributed by atoms with Crippen LogP contribution in [0.25, 0.3) is 0 Å². The fraction of sp³-hybridized carbons (Fsp3) is 0.615. The summed E-state index contributed by atoms with van der Waals surface area (Å²) in [6.45, 7) is 6.51. The molecule has 1 aliphatic rings. The van der Waals surface area contributed by atoms with Gasteiger partial charge in [0.1, 0.15) is 5.78 Å². The van der Waals surface area contributed by atoms with Gasteiger partial charge in [0, 0.05) is 24.8 Å². The molecule has 0 spiro atoms. The summed E-state index contributed by atoms with van der Waals surface area (Å²) >= 11 is 0. The fourth-order valence-electron chi connectivity index (χ4n) is 4.34. The first-order valence-electron chi connectivity index (χ1n) is 11.4. The van der Waals surface area contributed by atoms with Crippen molar-refractivity contribution in [2.75, 3.05) is 0 Å². The maximum absolute atomic E-state index is 12.7. The van der Waals surface area contributed by atoms with Crippen LogP contribution in [0.1, 0.15) is 107 Å². The van der Waals surface area contributed by atoms with E-state index in [9.17, 15) is 9.59 Å². The Labute approximate surface area is 171 Å². The van der Waals surface area contributed by atoms with Crippen LogP contribution < -0.4 is 0 Å². The largest absolute Gasteiger partial charge is 0.300 e. The van der Waals surface area contributed by atoms with Gasteiger partial charge in [-0.1, -0.05) is 67.7 Å². The molecular formula is C26H38O2. The monoisotopic (exact) mass is 382 g/mol. The number of unbranched alkanes of at least 4 members (excludes halogenated alkanes) is 2. The molecule has 2 nitrogen and oxygen atoms in total. The first-order chi connectivity index (χ1) is 13.5. The minimum absolute atomic E-state index is 0.239. The lowest BCUT2D eigenvalue weighted by Gasteiger charge is -2.27. The molecule has 1 fully saturated rings. The second-order valence-electron chi connectivity index (χ2n) is 8.46.